The lowest BCUT2D eigenvalue weighted by Crippen LogP contribution is -2.27. The van der Waals surface area contributed by atoms with E-state index in [9.17, 15) is 9.90 Å². The molecule has 1 atom stereocenters. The Morgan fingerprint density at radius 3 is 3.16 bits per heavy atom. The fraction of sp³-hybridized carbons (Fsp3) is 0.533. The number of phenolic OH excluding ortho intramolecular Hbond substituents is 1. The predicted molar refractivity (Wildman–Crippen MR) is 73.0 cm³/mol. The fourth-order valence-corrected chi connectivity index (χ4v) is 2.59. The third-order valence-electron chi connectivity index (χ3n) is 3.47. The molecule has 0 heterocycles. The second kappa shape index (κ2) is 6.57. The van der Waals surface area contributed by atoms with Crippen molar-refractivity contribution in [3.05, 3.63) is 29.3 Å². The second-order valence-electron chi connectivity index (χ2n) is 4.84. The number of carbonyl (C=O) groups excluding carboxylic acids is 1. The van der Waals surface area contributed by atoms with E-state index in [-0.39, 0.29) is 12.0 Å². The highest BCUT2D eigenvalue weighted by molar-refractivity contribution is 5.69. The molecule has 0 spiro atoms. The zero-order valence-electron chi connectivity index (χ0n) is 11.3. The number of nitrogens with one attached hydrogen (secondary N) is 1. The van der Waals surface area contributed by atoms with E-state index in [0.29, 0.717) is 25.3 Å². The van der Waals surface area contributed by atoms with Gasteiger partial charge in [0.25, 0.3) is 0 Å². The molecule has 0 fully saturated rings. The molecule has 0 aromatic heterocycles. The van der Waals surface area contributed by atoms with Crippen LogP contribution in [0.4, 0.5) is 0 Å². The maximum atomic E-state index is 11.3. The zero-order chi connectivity index (χ0) is 13.7. The number of carbonyl (C=O) groups is 1. The minimum atomic E-state index is -0.156. The molecule has 4 heteroatoms. The summed E-state index contributed by atoms with van der Waals surface area (Å²) in [6.07, 6.45) is 3.59. The van der Waals surface area contributed by atoms with Crippen LogP contribution in [-0.2, 0) is 16.0 Å². The Bertz CT molecular complexity index is 445. The molecule has 1 aliphatic rings. The lowest BCUT2D eigenvalue weighted by Gasteiger charge is -2.26. The van der Waals surface area contributed by atoms with Crippen LogP contribution in [0, 0.1) is 0 Å². The summed E-state index contributed by atoms with van der Waals surface area (Å²) in [6, 6.07) is 5.82. The van der Waals surface area contributed by atoms with Crippen LogP contribution in [0.15, 0.2) is 18.2 Å². The molecule has 0 aliphatic heterocycles. The molecule has 1 unspecified atom stereocenters. The number of fused-ring (bicyclic) bond motifs is 1. The van der Waals surface area contributed by atoms with Gasteiger partial charge in [-0.15, -0.1) is 0 Å². The minimum absolute atomic E-state index is 0.156. The lowest BCUT2D eigenvalue weighted by molar-refractivity contribution is -0.143. The highest BCUT2D eigenvalue weighted by atomic mass is 16.5. The van der Waals surface area contributed by atoms with Crippen LogP contribution in [0.25, 0.3) is 0 Å². The number of aromatic hydroxyl groups is 1. The van der Waals surface area contributed by atoms with Gasteiger partial charge < -0.3 is 15.2 Å². The Kier molecular flexibility index (Phi) is 4.80. The van der Waals surface area contributed by atoms with Gasteiger partial charge in [-0.05, 0) is 49.4 Å². The Hall–Kier alpha value is -1.55. The molecule has 2 rings (SSSR count). The Morgan fingerprint density at radius 1 is 1.53 bits per heavy atom. The summed E-state index contributed by atoms with van der Waals surface area (Å²) in [4.78, 5) is 11.3. The average Bonchev–Trinajstić information content (AvgIpc) is 2.39. The topological polar surface area (TPSA) is 58.6 Å². The van der Waals surface area contributed by atoms with Gasteiger partial charge in [-0.1, -0.05) is 6.07 Å². The molecule has 1 aromatic rings. The molecule has 0 saturated heterocycles. The molecule has 2 N–H and O–H groups in total. The molecule has 104 valence electrons. The van der Waals surface area contributed by atoms with Crippen LogP contribution in [0.3, 0.4) is 0 Å². The molecule has 0 amide bonds. The van der Waals surface area contributed by atoms with E-state index in [0.717, 1.165) is 19.3 Å². The number of ether oxygens (including phenoxy) is 1. The van der Waals surface area contributed by atoms with Crippen molar-refractivity contribution in [2.75, 3.05) is 13.2 Å². The molecule has 4 nitrogen and oxygen atoms in total. The van der Waals surface area contributed by atoms with Gasteiger partial charge in [-0.2, -0.15) is 0 Å². The highest BCUT2D eigenvalue weighted by Crippen LogP contribution is 2.31. The van der Waals surface area contributed by atoms with Crippen molar-refractivity contribution >= 4 is 5.97 Å². The quantitative estimate of drug-likeness (QED) is 0.800. The number of rotatable bonds is 5. The van der Waals surface area contributed by atoms with Gasteiger partial charge in [0.05, 0.1) is 13.0 Å². The van der Waals surface area contributed by atoms with Gasteiger partial charge in [0.2, 0.25) is 0 Å². The molecule has 1 aliphatic carbocycles. The summed E-state index contributed by atoms with van der Waals surface area (Å²) in [5, 5.41) is 12.9. The van der Waals surface area contributed by atoms with Gasteiger partial charge in [-0.3, -0.25) is 4.79 Å². The van der Waals surface area contributed by atoms with Gasteiger partial charge in [0.15, 0.2) is 0 Å². The van der Waals surface area contributed by atoms with E-state index in [1.807, 2.05) is 19.1 Å². The smallest absolute Gasteiger partial charge is 0.307 e. The predicted octanol–water partition coefficient (Wildman–Crippen LogP) is 2.31. The van der Waals surface area contributed by atoms with Gasteiger partial charge >= 0.3 is 5.97 Å². The molecular weight excluding hydrogens is 242 g/mol. The molecule has 0 radical (unpaired) electrons. The number of esters is 1. The standard InChI is InChI=1S/C15H21NO3/c1-2-19-15(18)8-9-16-14-5-3-4-11-10-12(17)6-7-13(11)14/h6-7,10,14,16-17H,2-5,8-9H2,1H3. The SMILES string of the molecule is CCOC(=O)CCNC1CCCc2cc(O)ccc21. The van der Waals surface area contributed by atoms with Gasteiger partial charge in [0.1, 0.15) is 5.75 Å². The Balaban J connectivity index is 1.91. The van der Waals surface area contributed by atoms with Crippen molar-refractivity contribution in [1.29, 1.82) is 0 Å². The molecule has 0 bridgehead atoms. The molecule has 19 heavy (non-hydrogen) atoms. The van der Waals surface area contributed by atoms with E-state index in [1.54, 1.807) is 6.07 Å². The lowest BCUT2D eigenvalue weighted by atomic mass is 9.87. The van der Waals surface area contributed by atoms with Crippen LogP contribution < -0.4 is 5.32 Å². The first-order valence-corrected chi connectivity index (χ1v) is 6.91. The van der Waals surface area contributed by atoms with Crippen LogP contribution in [0.1, 0.15) is 43.4 Å². The number of aryl methyl sites for hydroxylation is 1. The number of phenols is 1. The van der Waals surface area contributed by atoms with Crippen molar-refractivity contribution in [2.24, 2.45) is 0 Å². The van der Waals surface area contributed by atoms with Crippen LogP contribution in [0.5, 0.6) is 5.75 Å². The summed E-state index contributed by atoms with van der Waals surface area (Å²) in [5.74, 6) is 0.169. The van der Waals surface area contributed by atoms with Gasteiger partial charge in [0, 0.05) is 12.6 Å². The molecule has 1 aromatic carbocycles. The maximum absolute atomic E-state index is 11.3. The fourth-order valence-electron chi connectivity index (χ4n) is 2.59. The van der Waals surface area contributed by atoms with E-state index in [4.69, 9.17) is 4.74 Å². The normalized spacial score (nSPS) is 17.8. The Morgan fingerprint density at radius 2 is 2.37 bits per heavy atom. The minimum Gasteiger partial charge on any atom is -0.508 e. The van der Waals surface area contributed by atoms with E-state index < -0.39 is 0 Å². The highest BCUT2D eigenvalue weighted by Gasteiger charge is 2.20. The van der Waals surface area contributed by atoms with Crippen LogP contribution in [0.2, 0.25) is 0 Å². The summed E-state index contributed by atoms with van der Waals surface area (Å²) in [5.41, 5.74) is 2.45. The van der Waals surface area contributed by atoms with Crippen LogP contribution in [-0.4, -0.2) is 24.2 Å². The van der Waals surface area contributed by atoms with E-state index >= 15 is 0 Å². The largest absolute Gasteiger partial charge is 0.508 e. The third kappa shape index (κ3) is 3.70. The summed E-state index contributed by atoms with van der Waals surface area (Å²) in [7, 11) is 0. The zero-order valence-corrected chi connectivity index (χ0v) is 11.3. The Labute approximate surface area is 113 Å². The summed E-state index contributed by atoms with van der Waals surface area (Å²) >= 11 is 0. The van der Waals surface area contributed by atoms with Gasteiger partial charge in [-0.25, -0.2) is 0 Å². The number of hydrogen-bond acceptors (Lipinski definition) is 4. The first-order chi connectivity index (χ1) is 9.20. The second-order valence-corrected chi connectivity index (χ2v) is 4.84. The number of hydrogen-bond donors (Lipinski definition) is 2. The van der Waals surface area contributed by atoms with Crippen molar-refractivity contribution < 1.29 is 14.6 Å². The van der Waals surface area contributed by atoms with Crippen molar-refractivity contribution in [3.8, 4) is 5.75 Å². The molecular formula is C15H21NO3. The first-order valence-electron chi connectivity index (χ1n) is 6.91. The van der Waals surface area contributed by atoms with Crippen molar-refractivity contribution in [2.45, 2.75) is 38.6 Å². The molecule has 0 saturated carbocycles. The monoisotopic (exact) mass is 263 g/mol. The summed E-state index contributed by atoms with van der Waals surface area (Å²) < 4.78 is 4.90. The third-order valence-corrected chi connectivity index (χ3v) is 3.47. The van der Waals surface area contributed by atoms with Crippen molar-refractivity contribution in [3.63, 3.8) is 0 Å². The number of benzene rings is 1. The van der Waals surface area contributed by atoms with Crippen LogP contribution >= 0.6 is 0 Å². The average molecular weight is 263 g/mol. The van der Waals surface area contributed by atoms with E-state index in [2.05, 4.69) is 5.32 Å². The summed E-state index contributed by atoms with van der Waals surface area (Å²) in [6.45, 7) is 2.88. The van der Waals surface area contributed by atoms with Crippen molar-refractivity contribution in [1.82, 2.24) is 5.32 Å². The van der Waals surface area contributed by atoms with E-state index in [1.165, 1.54) is 11.1 Å². The first kappa shape index (κ1) is 13.9. The maximum Gasteiger partial charge on any atom is 0.307 e.